The third-order valence-corrected chi connectivity index (χ3v) is 4.99. The Hall–Kier alpha value is -2.44. The number of anilines is 2. The summed E-state index contributed by atoms with van der Waals surface area (Å²) in [5.74, 6) is 3.47. The van der Waals surface area contributed by atoms with Crippen molar-refractivity contribution in [2.24, 2.45) is 0 Å². The summed E-state index contributed by atoms with van der Waals surface area (Å²) in [4.78, 5) is 22.8. The van der Waals surface area contributed by atoms with E-state index < -0.39 is 0 Å². The lowest BCUT2D eigenvalue weighted by Gasteiger charge is -2.37. The van der Waals surface area contributed by atoms with E-state index in [1.54, 1.807) is 19.5 Å². The molecule has 7 heteroatoms. The number of ether oxygens (including phenoxy) is 1. The number of piperazine rings is 1. The van der Waals surface area contributed by atoms with Crippen LogP contribution in [0.2, 0.25) is 0 Å². The minimum atomic E-state index is 0.556. The van der Waals surface area contributed by atoms with Crippen LogP contribution in [0.4, 0.5) is 11.6 Å². The Labute approximate surface area is 148 Å². The van der Waals surface area contributed by atoms with E-state index in [4.69, 9.17) is 9.72 Å². The van der Waals surface area contributed by atoms with Gasteiger partial charge >= 0.3 is 0 Å². The highest BCUT2D eigenvalue weighted by atomic mass is 16.5. The summed E-state index contributed by atoms with van der Waals surface area (Å²) in [7, 11) is 1.62. The molecule has 2 aromatic heterocycles. The second kappa shape index (κ2) is 6.82. The van der Waals surface area contributed by atoms with E-state index in [0.29, 0.717) is 5.88 Å². The van der Waals surface area contributed by atoms with Gasteiger partial charge in [-0.25, -0.2) is 9.97 Å². The average molecular weight is 340 g/mol. The van der Waals surface area contributed by atoms with Gasteiger partial charge in [-0.2, -0.15) is 4.98 Å². The number of aryl methyl sites for hydroxylation is 2. The first-order valence-electron chi connectivity index (χ1n) is 8.97. The summed E-state index contributed by atoms with van der Waals surface area (Å²) < 4.78 is 5.18. The van der Waals surface area contributed by atoms with Crippen molar-refractivity contribution < 1.29 is 4.74 Å². The lowest BCUT2D eigenvalue weighted by atomic mass is 9.96. The zero-order valence-corrected chi connectivity index (χ0v) is 14.9. The third-order valence-electron chi connectivity index (χ3n) is 4.99. The topological polar surface area (TPSA) is 67.3 Å². The summed E-state index contributed by atoms with van der Waals surface area (Å²) in [5.41, 5.74) is 2.63. The van der Waals surface area contributed by atoms with E-state index in [1.165, 1.54) is 24.1 Å². The van der Waals surface area contributed by atoms with E-state index in [9.17, 15) is 0 Å². The van der Waals surface area contributed by atoms with Gasteiger partial charge in [0.15, 0.2) is 5.82 Å². The van der Waals surface area contributed by atoms with E-state index in [0.717, 1.165) is 56.5 Å². The number of hydrogen-bond donors (Lipinski definition) is 0. The van der Waals surface area contributed by atoms with Crippen LogP contribution in [-0.4, -0.2) is 53.2 Å². The molecule has 0 amide bonds. The highest BCUT2D eigenvalue weighted by Gasteiger charge is 2.25. The quantitative estimate of drug-likeness (QED) is 0.844. The van der Waals surface area contributed by atoms with Gasteiger partial charge in [-0.3, -0.25) is 4.98 Å². The van der Waals surface area contributed by atoms with Gasteiger partial charge in [0.1, 0.15) is 11.6 Å². The number of aromatic nitrogens is 4. The third kappa shape index (κ3) is 3.23. The van der Waals surface area contributed by atoms with Crippen LogP contribution in [0.5, 0.6) is 5.88 Å². The maximum Gasteiger partial charge on any atom is 0.233 e. The number of hydrogen-bond acceptors (Lipinski definition) is 7. The molecule has 7 nitrogen and oxygen atoms in total. The second-order valence-electron chi connectivity index (χ2n) is 6.62. The molecule has 0 bridgehead atoms. The van der Waals surface area contributed by atoms with Crippen molar-refractivity contribution in [1.29, 1.82) is 0 Å². The van der Waals surface area contributed by atoms with Gasteiger partial charge in [-0.05, 0) is 32.6 Å². The van der Waals surface area contributed by atoms with Crippen molar-refractivity contribution in [2.45, 2.75) is 32.6 Å². The molecule has 0 N–H and O–H groups in total. The van der Waals surface area contributed by atoms with Crippen LogP contribution in [0, 0.1) is 6.92 Å². The van der Waals surface area contributed by atoms with Crippen LogP contribution in [0.15, 0.2) is 12.4 Å². The van der Waals surface area contributed by atoms with E-state index in [-0.39, 0.29) is 0 Å². The molecule has 2 aliphatic rings. The standard InChI is InChI=1S/C18H24N6O/c1-13-20-15-6-4-3-5-14(15)18(21-13)24-9-7-23(8-10-24)16-11-19-12-17(22-16)25-2/h11-12H,3-10H2,1-2H3. The molecule has 25 heavy (non-hydrogen) atoms. The Morgan fingerprint density at radius 2 is 1.68 bits per heavy atom. The van der Waals surface area contributed by atoms with Gasteiger partial charge < -0.3 is 14.5 Å². The van der Waals surface area contributed by atoms with Crippen molar-refractivity contribution in [1.82, 2.24) is 19.9 Å². The van der Waals surface area contributed by atoms with E-state index in [2.05, 4.69) is 24.8 Å². The summed E-state index contributed by atoms with van der Waals surface area (Å²) in [5, 5.41) is 0. The maximum atomic E-state index is 5.18. The first-order chi connectivity index (χ1) is 12.2. The minimum Gasteiger partial charge on any atom is -0.480 e. The molecular weight excluding hydrogens is 316 g/mol. The van der Waals surface area contributed by atoms with Crippen molar-refractivity contribution in [3.05, 3.63) is 29.5 Å². The Morgan fingerprint density at radius 1 is 0.920 bits per heavy atom. The molecule has 1 saturated heterocycles. The van der Waals surface area contributed by atoms with Crippen LogP contribution < -0.4 is 14.5 Å². The highest BCUT2D eigenvalue weighted by molar-refractivity contribution is 5.52. The number of rotatable bonds is 3. The fourth-order valence-corrected chi connectivity index (χ4v) is 3.69. The summed E-state index contributed by atoms with van der Waals surface area (Å²) in [6, 6.07) is 0. The Morgan fingerprint density at radius 3 is 2.48 bits per heavy atom. The SMILES string of the molecule is COc1cncc(N2CCN(c3nc(C)nc4c3CCCC4)CC2)n1. The normalized spacial score (nSPS) is 17.4. The molecule has 1 aliphatic carbocycles. The number of nitrogens with zero attached hydrogens (tertiary/aromatic N) is 6. The lowest BCUT2D eigenvalue weighted by molar-refractivity contribution is 0.395. The van der Waals surface area contributed by atoms with Gasteiger partial charge in [0.05, 0.1) is 19.5 Å². The molecule has 4 rings (SSSR count). The molecule has 1 fully saturated rings. The van der Waals surface area contributed by atoms with Crippen LogP contribution in [0.25, 0.3) is 0 Å². The minimum absolute atomic E-state index is 0.556. The molecule has 0 aromatic carbocycles. The fraction of sp³-hybridized carbons (Fsp3) is 0.556. The summed E-state index contributed by atoms with van der Waals surface area (Å²) in [6.45, 7) is 5.67. The predicted molar refractivity (Wildman–Crippen MR) is 96.4 cm³/mol. The number of fused-ring (bicyclic) bond motifs is 1. The Balaban J connectivity index is 1.51. The smallest absolute Gasteiger partial charge is 0.233 e. The first-order valence-corrected chi connectivity index (χ1v) is 8.97. The van der Waals surface area contributed by atoms with Crippen molar-refractivity contribution in [3.8, 4) is 5.88 Å². The van der Waals surface area contributed by atoms with Gasteiger partial charge in [0.2, 0.25) is 5.88 Å². The fourth-order valence-electron chi connectivity index (χ4n) is 3.69. The largest absolute Gasteiger partial charge is 0.480 e. The molecular formula is C18H24N6O. The van der Waals surface area contributed by atoms with Crippen LogP contribution in [0.3, 0.4) is 0 Å². The Kier molecular flexibility index (Phi) is 4.38. The molecule has 1 aliphatic heterocycles. The van der Waals surface area contributed by atoms with Crippen molar-refractivity contribution in [2.75, 3.05) is 43.1 Å². The van der Waals surface area contributed by atoms with E-state index >= 15 is 0 Å². The zero-order valence-electron chi connectivity index (χ0n) is 14.9. The molecule has 132 valence electrons. The van der Waals surface area contributed by atoms with Gasteiger partial charge in [0, 0.05) is 37.4 Å². The maximum absolute atomic E-state index is 5.18. The van der Waals surface area contributed by atoms with Crippen molar-refractivity contribution in [3.63, 3.8) is 0 Å². The van der Waals surface area contributed by atoms with Crippen LogP contribution >= 0.6 is 0 Å². The molecule has 0 radical (unpaired) electrons. The van der Waals surface area contributed by atoms with Gasteiger partial charge in [0.25, 0.3) is 0 Å². The second-order valence-corrected chi connectivity index (χ2v) is 6.62. The number of methoxy groups -OCH3 is 1. The highest BCUT2D eigenvalue weighted by Crippen LogP contribution is 2.29. The molecule has 0 atom stereocenters. The summed E-state index contributed by atoms with van der Waals surface area (Å²) >= 11 is 0. The van der Waals surface area contributed by atoms with E-state index in [1.807, 2.05) is 6.92 Å². The van der Waals surface area contributed by atoms with Gasteiger partial charge in [-0.15, -0.1) is 0 Å². The monoisotopic (exact) mass is 340 g/mol. The molecule has 2 aromatic rings. The average Bonchev–Trinajstić information content (AvgIpc) is 2.67. The lowest BCUT2D eigenvalue weighted by Crippen LogP contribution is -2.47. The molecule has 0 unspecified atom stereocenters. The Bertz CT molecular complexity index is 757. The van der Waals surface area contributed by atoms with Crippen LogP contribution in [0.1, 0.15) is 29.9 Å². The van der Waals surface area contributed by atoms with Crippen molar-refractivity contribution >= 4 is 11.6 Å². The molecule has 0 saturated carbocycles. The predicted octanol–water partition coefficient (Wildman–Crippen LogP) is 1.79. The first kappa shape index (κ1) is 16.1. The summed E-state index contributed by atoms with van der Waals surface area (Å²) in [6.07, 6.45) is 8.11. The zero-order chi connectivity index (χ0) is 17.2. The van der Waals surface area contributed by atoms with Gasteiger partial charge in [-0.1, -0.05) is 0 Å². The van der Waals surface area contributed by atoms with Crippen LogP contribution in [-0.2, 0) is 12.8 Å². The molecule has 0 spiro atoms. The molecule has 3 heterocycles.